The van der Waals surface area contributed by atoms with Crippen LogP contribution in [-0.2, 0) is 21.3 Å². The molecular weight excluding hydrogens is 288 g/mol. The molecule has 1 aromatic carbocycles. The maximum absolute atomic E-state index is 12.3. The Kier molecular flexibility index (Phi) is 4.17. The number of halogens is 1. The number of ether oxygens (including phenoxy) is 1. The summed E-state index contributed by atoms with van der Waals surface area (Å²) in [6.07, 6.45) is 0.656. The first-order valence-electron chi connectivity index (χ1n) is 5.96. The number of nitrogens with one attached hydrogen (secondary N) is 1. The Morgan fingerprint density at radius 2 is 2.26 bits per heavy atom. The van der Waals surface area contributed by atoms with Crippen molar-refractivity contribution < 1.29 is 13.2 Å². The molecule has 7 heteroatoms. The summed E-state index contributed by atoms with van der Waals surface area (Å²) in [5.41, 5.74) is 5.59. The van der Waals surface area contributed by atoms with E-state index in [9.17, 15) is 8.42 Å². The standard InChI is InChI=1S/C12H17ClN2O3S/c1-12(4-5-18-8-12)15-19(16,17)10-2-3-11(13)9(6-10)7-14/h2-3,6,15H,4-5,7-8,14H2,1H3. The second kappa shape index (κ2) is 5.38. The zero-order chi connectivity index (χ0) is 14.1. The zero-order valence-corrected chi connectivity index (χ0v) is 12.2. The van der Waals surface area contributed by atoms with Gasteiger partial charge in [-0.05, 0) is 37.1 Å². The number of rotatable bonds is 4. The van der Waals surface area contributed by atoms with Crippen molar-refractivity contribution in [3.63, 3.8) is 0 Å². The molecule has 0 bridgehead atoms. The van der Waals surface area contributed by atoms with E-state index in [-0.39, 0.29) is 11.4 Å². The van der Waals surface area contributed by atoms with E-state index in [1.165, 1.54) is 12.1 Å². The fourth-order valence-electron chi connectivity index (χ4n) is 2.01. The predicted octanol–water partition coefficient (Wildman–Crippen LogP) is 1.26. The van der Waals surface area contributed by atoms with Gasteiger partial charge in [-0.25, -0.2) is 13.1 Å². The summed E-state index contributed by atoms with van der Waals surface area (Å²) in [4.78, 5) is 0.172. The van der Waals surface area contributed by atoms with E-state index in [0.717, 1.165) is 0 Å². The molecule has 19 heavy (non-hydrogen) atoms. The molecule has 106 valence electrons. The molecular formula is C12H17ClN2O3S. The first-order valence-corrected chi connectivity index (χ1v) is 7.83. The van der Waals surface area contributed by atoms with Crippen LogP contribution in [0.25, 0.3) is 0 Å². The van der Waals surface area contributed by atoms with Gasteiger partial charge in [-0.1, -0.05) is 11.6 Å². The predicted molar refractivity (Wildman–Crippen MR) is 73.5 cm³/mol. The molecule has 0 spiro atoms. The highest BCUT2D eigenvalue weighted by Gasteiger charge is 2.34. The summed E-state index contributed by atoms with van der Waals surface area (Å²) >= 11 is 5.93. The number of hydrogen-bond acceptors (Lipinski definition) is 4. The molecule has 1 aliphatic heterocycles. The lowest BCUT2D eigenvalue weighted by Gasteiger charge is -2.23. The van der Waals surface area contributed by atoms with Gasteiger partial charge in [-0.15, -0.1) is 0 Å². The van der Waals surface area contributed by atoms with Crippen LogP contribution in [-0.4, -0.2) is 27.2 Å². The summed E-state index contributed by atoms with van der Waals surface area (Å²) in [5.74, 6) is 0. The normalized spacial score (nSPS) is 23.7. The van der Waals surface area contributed by atoms with E-state index in [2.05, 4.69) is 4.72 Å². The monoisotopic (exact) mass is 304 g/mol. The molecule has 1 aromatic rings. The summed E-state index contributed by atoms with van der Waals surface area (Å²) in [6.45, 7) is 2.97. The molecule has 1 heterocycles. The first kappa shape index (κ1) is 14.7. The minimum Gasteiger partial charge on any atom is -0.379 e. The van der Waals surface area contributed by atoms with Crippen LogP contribution in [0.3, 0.4) is 0 Å². The molecule has 0 aliphatic carbocycles. The molecule has 3 N–H and O–H groups in total. The smallest absolute Gasteiger partial charge is 0.241 e. The molecule has 1 fully saturated rings. The number of hydrogen-bond donors (Lipinski definition) is 2. The third-order valence-electron chi connectivity index (χ3n) is 3.15. The average Bonchev–Trinajstić information content (AvgIpc) is 2.75. The van der Waals surface area contributed by atoms with Crippen molar-refractivity contribution in [2.45, 2.75) is 30.3 Å². The molecule has 1 aliphatic rings. The molecule has 0 amide bonds. The first-order chi connectivity index (χ1) is 8.86. The Bertz CT molecular complexity index is 568. The molecule has 5 nitrogen and oxygen atoms in total. The van der Waals surface area contributed by atoms with Gasteiger partial charge in [0.15, 0.2) is 0 Å². The molecule has 1 unspecified atom stereocenters. The van der Waals surface area contributed by atoms with Crippen molar-refractivity contribution in [1.82, 2.24) is 4.72 Å². The van der Waals surface area contributed by atoms with Gasteiger partial charge in [0.1, 0.15) is 0 Å². The van der Waals surface area contributed by atoms with Gasteiger partial charge in [0.25, 0.3) is 0 Å². The van der Waals surface area contributed by atoms with E-state index >= 15 is 0 Å². The van der Waals surface area contributed by atoms with E-state index in [1.54, 1.807) is 6.07 Å². The Balaban J connectivity index is 2.29. The zero-order valence-electron chi connectivity index (χ0n) is 10.6. The summed E-state index contributed by atoms with van der Waals surface area (Å²) in [6, 6.07) is 4.53. The van der Waals surface area contributed by atoms with Crippen LogP contribution < -0.4 is 10.5 Å². The van der Waals surface area contributed by atoms with E-state index in [4.69, 9.17) is 22.1 Å². The van der Waals surface area contributed by atoms with Gasteiger partial charge in [0.2, 0.25) is 10.0 Å². The minimum absolute atomic E-state index is 0.172. The van der Waals surface area contributed by atoms with Crippen LogP contribution in [0.4, 0.5) is 0 Å². The second-order valence-corrected chi connectivity index (χ2v) is 7.02. The highest BCUT2D eigenvalue weighted by molar-refractivity contribution is 7.89. The fraction of sp³-hybridized carbons (Fsp3) is 0.500. The minimum atomic E-state index is -3.60. The Hall–Kier alpha value is -0.660. The van der Waals surface area contributed by atoms with Gasteiger partial charge in [0.05, 0.1) is 17.0 Å². The van der Waals surface area contributed by atoms with Crippen LogP contribution in [0.15, 0.2) is 23.1 Å². The topological polar surface area (TPSA) is 81.4 Å². The highest BCUT2D eigenvalue weighted by Crippen LogP contribution is 2.24. The van der Waals surface area contributed by atoms with Crippen molar-refractivity contribution in [1.29, 1.82) is 0 Å². The molecule has 0 saturated carbocycles. The third kappa shape index (κ3) is 3.27. The highest BCUT2D eigenvalue weighted by atomic mass is 35.5. The maximum Gasteiger partial charge on any atom is 0.241 e. The number of benzene rings is 1. The van der Waals surface area contributed by atoms with Crippen molar-refractivity contribution >= 4 is 21.6 Å². The van der Waals surface area contributed by atoms with Crippen molar-refractivity contribution in [3.05, 3.63) is 28.8 Å². The largest absolute Gasteiger partial charge is 0.379 e. The van der Waals surface area contributed by atoms with Gasteiger partial charge < -0.3 is 10.5 Å². The van der Waals surface area contributed by atoms with E-state index in [0.29, 0.717) is 30.2 Å². The molecule has 0 radical (unpaired) electrons. The van der Waals surface area contributed by atoms with Crippen LogP contribution in [0, 0.1) is 0 Å². The van der Waals surface area contributed by atoms with Crippen LogP contribution in [0.2, 0.25) is 5.02 Å². The maximum atomic E-state index is 12.3. The van der Waals surface area contributed by atoms with E-state index in [1.807, 2.05) is 6.92 Å². The summed E-state index contributed by atoms with van der Waals surface area (Å²) in [5, 5.41) is 0.469. The summed E-state index contributed by atoms with van der Waals surface area (Å²) < 4.78 is 32.6. The fourth-order valence-corrected chi connectivity index (χ4v) is 3.67. The number of sulfonamides is 1. The molecule has 1 saturated heterocycles. The quantitative estimate of drug-likeness (QED) is 0.877. The van der Waals surface area contributed by atoms with Crippen LogP contribution >= 0.6 is 11.6 Å². The Labute approximate surface area is 118 Å². The SMILES string of the molecule is CC1(NS(=O)(=O)c2ccc(Cl)c(CN)c2)CCOC1. The molecule has 0 aromatic heterocycles. The van der Waals surface area contributed by atoms with Crippen LogP contribution in [0.1, 0.15) is 18.9 Å². The van der Waals surface area contributed by atoms with Crippen molar-refractivity contribution in [2.24, 2.45) is 5.73 Å². The third-order valence-corrected chi connectivity index (χ3v) is 5.15. The van der Waals surface area contributed by atoms with Crippen LogP contribution in [0.5, 0.6) is 0 Å². The van der Waals surface area contributed by atoms with Gasteiger partial charge >= 0.3 is 0 Å². The summed E-state index contributed by atoms with van der Waals surface area (Å²) in [7, 11) is -3.60. The Morgan fingerprint density at radius 1 is 1.53 bits per heavy atom. The lowest BCUT2D eigenvalue weighted by atomic mass is 10.0. The van der Waals surface area contributed by atoms with Gasteiger partial charge in [0, 0.05) is 18.2 Å². The second-order valence-electron chi connectivity index (χ2n) is 4.93. The lowest BCUT2D eigenvalue weighted by Crippen LogP contribution is -2.46. The van der Waals surface area contributed by atoms with Crippen molar-refractivity contribution in [2.75, 3.05) is 13.2 Å². The number of nitrogens with two attached hydrogens (primary N) is 1. The Morgan fingerprint density at radius 3 is 2.84 bits per heavy atom. The van der Waals surface area contributed by atoms with Gasteiger partial charge in [-0.3, -0.25) is 0 Å². The van der Waals surface area contributed by atoms with Crippen molar-refractivity contribution in [3.8, 4) is 0 Å². The molecule has 2 rings (SSSR count). The lowest BCUT2D eigenvalue weighted by molar-refractivity contribution is 0.178. The van der Waals surface area contributed by atoms with E-state index < -0.39 is 15.6 Å². The van der Waals surface area contributed by atoms with Gasteiger partial charge in [-0.2, -0.15) is 0 Å². The molecule has 1 atom stereocenters. The average molecular weight is 305 g/mol.